The van der Waals surface area contributed by atoms with Gasteiger partial charge in [-0.2, -0.15) is 9.29 Å². The molecule has 41 heavy (non-hydrogen) atoms. The van der Waals surface area contributed by atoms with Crippen molar-refractivity contribution in [1.82, 2.24) is 19.3 Å². The molecule has 5 rings (SSSR count). The third-order valence-corrected chi connectivity index (χ3v) is 10.6. The van der Waals surface area contributed by atoms with E-state index in [-0.39, 0.29) is 60.6 Å². The Morgan fingerprint density at radius 2 is 2.00 bits per heavy atom. The number of carbonyl (C=O) groups is 1. The van der Waals surface area contributed by atoms with E-state index in [2.05, 4.69) is 20.3 Å². The molecule has 0 saturated carbocycles. The van der Waals surface area contributed by atoms with E-state index >= 15 is 0 Å². The highest BCUT2D eigenvalue weighted by Gasteiger charge is 2.45. The van der Waals surface area contributed by atoms with Crippen LogP contribution in [0.2, 0.25) is 0 Å². The monoisotopic (exact) mass is 611 g/mol. The fourth-order valence-corrected chi connectivity index (χ4v) is 7.22. The Bertz CT molecular complexity index is 1490. The average Bonchev–Trinajstić information content (AvgIpc) is 3.37. The van der Waals surface area contributed by atoms with Crippen molar-refractivity contribution in [2.24, 2.45) is 0 Å². The van der Waals surface area contributed by atoms with E-state index in [0.717, 1.165) is 0 Å². The number of sulfonamides is 2. The second-order valence-corrected chi connectivity index (χ2v) is 14.0. The fraction of sp³-hybridized carbons (Fsp3) is 0.520. The van der Waals surface area contributed by atoms with Gasteiger partial charge in [-0.1, -0.05) is 6.07 Å². The predicted octanol–water partition coefficient (Wildman–Crippen LogP) is -0.338. The van der Waals surface area contributed by atoms with Crippen LogP contribution in [0.4, 0.5) is 5.69 Å². The predicted molar refractivity (Wildman–Crippen MR) is 146 cm³/mol. The molecule has 2 fully saturated rings. The number of hydrogen-bond donors (Lipinski definition) is 4. The summed E-state index contributed by atoms with van der Waals surface area (Å²) >= 11 is 0. The lowest BCUT2D eigenvalue weighted by molar-refractivity contribution is -0.118. The van der Waals surface area contributed by atoms with Gasteiger partial charge in [0.15, 0.2) is 11.6 Å². The van der Waals surface area contributed by atoms with Crippen LogP contribution in [0.5, 0.6) is 11.6 Å². The first-order valence-corrected chi connectivity index (χ1v) is 16.1. The lowest BCUT2D eigenvalue weighted by Gasteiger charge is -2.37. The Kier molecular flexibility index (Phi) is 8.52. The molecule has 16 heteroatoms. The normalized spacial score (nSPS) is 21.6. The summed E-state index contributed by atoms with van der Waals surface area (Å²) in [5, 5.41) is 16.1. The highest BCUT2D eigenvalue weighted by Crippen LogP contribution is 2.37. The molecule has 3 aliphatic rings. The molecule has 4 N–H and O–H groups in total. The minimum atomic E-state index is -3.86. The van der Waals surface area contributed by atoms with Gasteiger partial charge in [-0.05, 0) is 50.6 Å². The summed E-state index contributed by atoms with van der Waals surface area (Å²) in [4.78, 5) is 15.6. The molecule has 1 aromatic heterocycles. The lowest BCUT2D eigenvalue weighted by Crippen LogP contribution is -2.47. The van der Waals surface area contributed by atoms with Crippen LogP contribution >= 0.6 is 0 Å². The first-order chi connectivity index (χ1) is 19.5. The third-order valence-electron chi connectivity index (χ3n) is 7.36. The van der Waals surface area contributed by atoms with Crippen LogP contribution < -0.4 is 24.8 Å². The quantitative estimate of drug-likeness (QED) is 0.276. The van der Waals surface area contributed by atoms with Gasteiger partial charge in [-0.25, -0.2) is 21.6 Å². The van der Waals surface area contributed by atoms with Gasteiger partial charge >= 0.3 is 0 Å². The molecule has 1 amide bonds. The van der Waals surface area contributed by atoms with Gasteiger partial charge in [0.1, 0.15) is 24.1 Å². The number of aromatic nitrogens is 1. The second-order valence-electron chi connectivity index (χ2n) is 10.2. The smallest absolute Gasteiger partial charge is 0.262 e. The lowest BCUT2D eigenvalue weighted by atomic mass is 9.88. The number of nitrogens with one attached hydrogen (secondary N) is 3. The number of nitrogens with zero attached hydrogens (tertiary/aromatic N) is 2. The Labute approximate surface area is 238 Å². The topological polar surface area (TPSA) is 185 Å². The summed E-state index contributed by atoms with van der Waals surface area (Å²) in [6, 6.07) is 8.83. The molecule has 3 aliphatic heterocycles. The van der Waals surface area contributed by atoms with Crippen LogP contribution in [0.1, 0.15) is 19.3 Å². The Hall–Kier alpha value is -2.86. The van der Waals surface area contributed by atoms with E-state index in [0.29, 0.717) is 37.3 Å². The number of aliphatic hydroxyl groups is 1. The number of amides is 1. The highest BCUT2D eigenvalue weighted by atomic mass is 32.2. The van der Waals surface area contributed by atoms with E-state index in [1.807, 2.05) is 0 Å². The van der Waals surface area contributed by atoms with Crippen LogP contribution in [-0.2, 0) is 29.6 Å². The zero-order valence-electron chi connectivity index (χ0n) is 22.4. The SMILES string of the molecule is CNS(=O)(=O)c1cccc(OCC(O)CNC2COC3(CCN(S(=O)(=O)c4ccc5c(n4)OCC(=O)N5)CC3)C2)c1. The molecule has 1 aromatic carbocycles. The second kappa shape index (κ2) is 11.8. The molecule has 2 atom stereocenters. The molecule has 0 bridgehead atoms. The first kappa shape index (κ1) is 29.6. The third kappa shape index (κ3) is 6.63. The van der Waals surface area contributed by atoms with Crippen LogP contribution in [0, 0.1) is 0 Å². The maximum atomic E-state index is 13.2. The first-order valence-electron chi connectivity index (χ1n) is 13.2. The molecule has 2 aromatic rings. The van der Waals surface area contributed by atoms with Gasteiger partial charge in [0.25, 0.3) is 15.9 Å². The summed E-state index contributed by atoms with van der Waals surface area (Å²) in [7, 11) is -6.13. The molecular formula is C25H33N5O9S2. The van der Waals surface area contributed by atoms with Gasteiger partial charge < -0.3 is 30.0 Å². The number of pyridine rings is 1. The molecule has 14 nitrogen and oxygen atoms in total. The number of aliphatic hydroxyl groups excluding tert-OH is 1. The van der Waals surface area contributed by atoms with E-state index in [1.165, 1.54) is 35.6 Å². The van der Waals surface area contributed by atoms with Crippen molar-refractivity contribution in [3.05, 3.63) is 36.4 Å². The van der Waals surface area contributed by atoms with Gasteiger partial charge in [0.2, 0.25) is 15.9 Å². The van der Waals surface area contributed by atoms with Crippen molar-refractivity contribution >= 4 is 31.6 Å². The zero-order valence-corrected chi connectivity index (χ0v) is 24.0. The van der Waals surface area contributed by atoms with Gasteiger partial charge in [-0.3, -0.25) is 4.79 Å². The molecule has 1 spiro atoms. The van der Waals surface area contributed by atoms with Crippen molar-refractivity contribution in [3.63, 3.8) is 0 Å². The number of benzene rings is 1. The van der Waals surface area contributed by atoms with Crippen LogP contribution in [0.15, 0.2) is 46.3 Å². The Balaban J connectivity index is 1.08. The minimum absolute atomic E-state index is 0.0217. The molecule has 2 unspecified atom stereocenters. The Morgan fingerprint density at radius 1 is 1.22 bits per heavy atom. The maximum absolute atomic E-state index is 13.2. The van der Waals surface area contributed by atoms with E-state index in [4.69, 9.17) is 14.2 Å². The number of carbonyl (C=O) groups excluding carboxylic acids is 1. The van der Waals surface area contributed by atoms with Crippen molar-refractivity contribution < 1.29 is 40.9 Å². The van der Waals surface area contributed by atoms with Gasteiger partial charge in [-0.15, -0.1) is 0 Å². The van der Waals surface area contributed by atoms with Crippen LogP contribution in [-0.4, -0.2) is 101 Å². The van der Waals surface area contributed by atoms with Gasteiger partial charge in [0.05, 0.1) is 17.1 Å². The van der Waals surface area contributed by atoms with Crippen molar-refractivity contribution in [2.45, 2.75) is 46.9 Å². The summed E-state index contributed by atoms with van der Waals surface area (Å²) in [6.07, 6.45) is 0.853. The molecule has 2 saturated heterocycles. The number of ether oxygens (including phenoxy) is 3. The Morgan fingerprint density at radius 3 is 2.76 bits per heavy atom. The fourth-order valence-electron chi connectivity index (χ4n) is 5.09. The minimum Gasteiger partial charge on any atom is -0.491 e. The number of rotatable bonds is 10. The largest absolute Gasteiger partial charge is 0.491 e. The summed E-state index contributed by atoms with van der Waals surface area (Å²) in [6.45, 7) is 0.957. The number of fused-ring (bicyclic) bond motifs is 1. The van der Waals surface area contributed by atoms with Gasteiger partial charge in [0, 0.05) is 31.7 Å². The van der Waals surface area contributed by atoms with Crippen LogP contribution in [0.3, 0.4) is 0 Å². The summed E-state index contributed by atoms with van der Waals surface area (Å²) in [5.41, 5.74) is -0.123. The number of piperidine rings is 1. The molecule has 224 valence electrons. The highest BCUT2D eigenvalue weighted by molar-refractivity contribution is 7.89. The van der Waals surface area contributed by atoms with Crippen LogP contribution in [0.25, 0.3) is 0 Å². The van der Waals surface area contributed by atoms with E-state index in [9.17, 15) is 26.7 Å². The summed E-state index contributed by atoms with van der Waals surface area (Å²) in [5.74, 6) is 0.0826. The maximum Gasteiger partial charge on any atom is 0.262 e. The van der Waals surface area contributed by atoms with E-state index < -0.39 is 31.8 Å². The van der Waals surface area contributed by atoms with E-state index in [1.54, 1.807) is 12.1 Å². The molecular weight excluding hydrogens is 578 g/mol. The molecule has 0 radical (unpaired) electrons. The molecule has 0 aliphatic carbocycles. The average molecular weight is 612 g/mol. The standard InChI is InChI=1S/C25H33N5O9S2/c1-26-40(33,34)20-4-2-3-19(11-20)37-15-18(31)13-27-17-12-25(39-14-17)7-9-30(10-8-25)41(35,36)23-6-5-21-24(29-23)38-16-22(32)28-21/h2-6,11,17-18,26-27,31H,7-10,12-16H2,1H3,(H,28,32). The number of hydrogen-bond acceptors (Lipinski definition) is 11. The molecule has 4 heterocycles. The van der Waals surface area contributed by atoms with Crippen molar-refractivity contribution in [1.29, 1.82) is 0 Å². The summed E-state index contributed by atoms with van der Waals surface area (Å²) < 4.78 is 71.0. The van der Waals surface area contributed by atoms with Crippen molar-refractivity contribution in [2.75, 3.05) is 51.8 Å². The zero-order chi connectivity index (χ0) is 29.3. The van der Waals surface area contributed by atoms with Crippen molar-refractivity contribution in [3.8, 4) is 11.6 Å². The number of anilines is 1.